The van der Waals surface area contributed by atoms with E-state index in [1.165, 1.54) is 12.8 Å². The molecule has 1 amide bonds. The Morgan fingerprint density at radius 1 is 1.21 bits per heavy atom. The van der Waals surface area contributed by atoms with Gasteiger partial charge in [0, 0.05) is 6.54 Å². The maximum atomic E-state index is 11.9. The second-order valence-corrected chi connectivity index (χ2v) is 7.95. The minimum Gasteiger partial charge on any atom is -0.355 e. The molecule has 19 heavy (non-hydrogen) atoms. The van der Waals surface area contributed by atoms with Crippen molar-refractivity contribution in [2.75, 3.05) is 25.4 Å². The summed E-state index contributed by atoms with van der Waals surface area (Å²) < 4.78 is 23.6. The molecule has 2 aliphatic rings. The third-order valence-corrected chi connectivity index (χ3v) is 6.30. The molecule has 2 aliphatic heterocycles. The molecular formula is C13H24N2O3S. The lowest BCUT2D eigenvalue weighted by molar-refractivity contribution is -0.120. The molecule has 2 N–H and O–H groups in total. The zero-order valence-electron chi connectivity index (χ0n) is 11.4. The largest absolute Gasteiger partial charge is 0.355 e. The predicted molar refractivity (Wildman–Crippen MR) is 74.6 cm³/mol. The van der Waals surface area contributed by atoms with Crippen LogP contribution in [-0.2, 0) is 14.6 Å². The highest BCUT2D eigenvalue weighted by Gasteiger charge is 2.34. The van der Waals surface area contributed by atoms with Crippen LogP contribution < -0.4 is 10.6 Å². The van der Waals surface area contributed by atoms with Gasteiger partial charge in [-0.2, -0.15) is 0 Å². The van der Waals surface area contributed by atoms with Gasteiger partial charge in [0.05, 0.1) is 5.75 Å². The quantitative estimate of drug-likeness (QED) is 0.788. The highest BCUT2D eigenvalue weighted by molar-refractivity contribution is 7.92. The molecule has 6 heteroatoms. The molecule has 0 spiro atoms. The van der Waals surface area contributed by atoms with Crippen molar-refractivity contribution < 1.29 is 13.2 Å². The van der Waals surface area contributed by atoms with Crippen molar-refractivity contribution in [2.24, 2.45) is 5.92 Å². The van der Waals surface area contributed by atoms with E-state index in [9.17, 15) is 13.2 Å². The van der Waals surface area contributed by atoms with Gasteiger partial charge < -0.3 is 10.6 Å². The van der Waals surface area contributed by atoms with Crippen LogP contribution in [0, 0.1) is 5.92 Å². The number of sulfone groups is 1. The van der Waals surface area contributed by atoms with E-state index in [1.54, 1.807) is 0 Å². The van der Waals surface area contributed by atoms with Gasteiger partial charge in [0.15, 0.2) is 9.84 Å². The summed E-state index contributed by atoms with van der Waals surface area (Å²) in [6.07, 6.45) is 5.34. The highest BCUT2D eigenvalue weighted by atomic mass is 32.2. The van der Waals surface area contributed by atoms with E-state index in [4.69, 9.17) is 0 Å². The van der Waals surface area contributed by atoms with Gasteiger partial charge >= 0.3 is 0 Å². The molecular weight excluding hydrogens is 264 g/mol. The number of hydrogen-bond acceptors (Lipinski definition) is 4. The van der Waals surface area contributed by atoms with Crippen LogP contribution in [0.3, 0.4) is 0 Å². The maximum Gasteiger partial charge on any atom is 0.238 e. The highest BCUT2D eigenvalue weighted by Crippen LogP contribution is 2.19. The van der Waals surface area contributed by atoms with Crippen molar-refractivity contribution in [3.05, 3.63) is 0 Å². The van der Waals surface area contributed by atoms with Crippen molar-refractivity contribution in [2.45, 2.75) is 43.8 Å². The molecule has 2 rings (SSSR count). The summed E-state index contributed by atoms with van der Waals surface area (Å²) in [5, 5.41) is 5.35. The zero-order chi connectivity index (χ0) is 13.7. The summed E-state index contributed by atoms with van der Waals surface area (Å²) >= 11 is 0. The molecule has 110 valence electrons. The Morgan fingerprint density at radius 2 is 2.05 bits per heavy atom. The van der Waals surface area contributed by atoms with Crippen LogP contribution in [0.25, 0.3) is 0 Å². The second-order valence-electron chi connectivity index (χ2n) is 5.64. The lowest BCUT2D eigenvalue weighted by atomic mass is 9.96. The van der Waals surface area contributed by atoms with Gasteiger partial charge in [-0.25, -0.2) is 8.42 Å². The van der Waals surface area contributed by atoms with E-state index in [0.29, 0.717) is 25.3 Å². The summed E-state index contributed by atoms with van der Waals surface area (Å²) in [6.45, 7) is 2.69. The van der Waals surface area contributed by atoms with Crippen LogP contribution >= 0.6 is 0 Å². The minimum absolute atomic E-state index is 0.164. The van der Waals surface area contributed by atoms with Gasteiger partial charge in [0.25, 0.3) is 0 Å². The topological polar surface area (TPSA) is 75.3 Å². The number of amides is 1. The fourth-order valence-corrected chi connectivity index (χ4v) is 4.76. The average Bonchev–Trinajstić information content (AvgIpc) is 2.39. The molecule has 0 aromatic heterocycles. The molecule has 0 aliphatic carbocycles. The number of rotatable bonds is 4. The Bertz CT molecular complexity index is 402. The van der Waals surface area contributed by atoms with Gasteiger partial charge in [-0.15, -0.1) is 0 Å². The molecule has 0 bridgehead atoms. The smallest absolute Gasteiger partial charge is 0.238 e. The van der Waals surface area contributed by atoms with Crippen molar-refractivity contribution in [3.8, 4) is 0 Å². The van der Waals surface area contributed by atoms with Crippen LogP contribution in [-0.4, -0.2) is 45.0 Å². The van der Waals surface area contributed by atoms with E-state index >= 15 is 0 Å². The molecule has 0 radical (unpaired) electrons. The van der Waals surface area contributed by atoms with Crippen molar-refractivity contribution in [3.63, 3.8) is 0 Å². The summed E-state index contributed by atoms with van der Waals surface area (Å²) in [5.41, 5.74) is 0. The van der Waals surface area contributed by atoms with E-state index in [1.807, 2.05) is 0 Å². The van der Waals surface area contributed by atoms with E-state index in [-0.39, 0.29) is 11.7 Å². The van der Waals surface area contributed by atoms with Gasteiger partial charge in [-0.05, 0) is 51.1 Å². The molecule has 0 aromatic carbocycles. The van der Waals surface area contributed by atoms with Crippen LogP contribution in [0.15, 0.2) is 0 Å². The first-order valence-corrected chi connectivity index (χ1v) is 9.01. The molecule has 2 unspecified atom stereocenters. The molecule has 5 nitrogen and oxygen atoms in total. The number of carbonyl (C=O) groups is 1. The summed E-state index contributed by atoms with van der Waals surface area (Å²) in [4.78, 5) is 11.9. The molecule has 2 heterocycles. The van der Waals surface area contributed by atoms with Crippen molar-refractivity contribution >= 4 is 15.7 Å². The van der Waals surface area contributed by atoms with Gasteiger partial charge in [-0.1, -0.05) is 6.42 Å². The predicted octanol–water partition coefficient (Wildman–Crippen LogP) is 0.460. The SMILES string of the molecule is O=C(NCCC1CCCNC1)C1CCCCS1(=O)=O. The lowest BCUT2D eigenvalue weighted by Gasteiger charge is -2.24. The monoisotopic (exact) mass is 288 g/mol. The van der Waals surface area contributed by atoms with Crippen LogP contribution in [0.5, 0.6) is 0 Å². The fourth-order valence-electron chi connectivity index (χ4n) is 2.93. The molecule has 0 saturated carbocycles. The Balaban J connectivity index is 1.74. The Kier molecular flexibility index (Phi) is 5.21. The summed E-state index contributed by atoms with van der Waals surface area (Å²) in [7, 11) is -3.20. The molecule has 2 fully saturated rings. The number of carbonyl (C=O) groups excluding carboxylic acids is 1. The number of nitrogens with one attached hydrogen (secondary N) is 2. The normalized spacial score (nSPS) is 30.7. The molecule has 0 aromatic rings. The minimum atomic E-state index is -3.20. The van der Waals surface area contributed by atoms with Crippen molar-refractivity contribution in [1.29, 1.82) is 0 Å². The van der Waals surface area contributed by atoms with Crippen LogP contribution in [0.1, 0.15) is 38.5 Å². The zero-order valence-corrected chi connectivity index (χ0v) is 12.2. The van der Waals surface area contributed by atoms with E-state index < -0.39 is 15.1 Å². The third-order valence-electron chi connectivity index (χ3n) is 4.12. The first-order chi connectivity index (χ1) is 9.09. The Hall–Kier alpha value is -0.620. The standard InChI is InChI=1S/C13H24N2O3S/c16-13(12-5-1-2-9-19(12,17)18)15-8-6-11-4-3-7-14-10-11/h11-12,14H,1-10H2,(H,15,16). The first kappa shape index (κ1) is 14.8. The Labute approximate surface area is 115 Å². The van der Waals surface area contributed by atoms with Gasteiger partial charge in [0.2, 0.25) is 5.91 Å². The third kappa shape index (κ3) is 4.18. The van der Waals surface area contributed by atoms with Crippen LogP contribution in [0.4, 0.5) is 0 Å². The van der Waals surface area contributed by atoms with E-state index in [0.717, 1.165) is 25.9 Å². The number of hydrogen-bond donors (Lipinski definition) is 2. The fraction of sp³-hybridized carbons (Fsp3) is 0.923. The molecule has 2 atom stereocenters. The van der Waals surface area contributed by atoms with Gasteiger partial charge in [-0.3, -0.25) is 4.79 Å². The second kappa shape index (κ2) is 6.70. The summed E-state index contributed by atoms with van der Waals surface area (Å²) in [5.74, 6) is 0.484. The lowest BCUT2D eigenvalue weighted by Crippen LogP contribution is -2.43. The number of piperidine rings is 1. The molecule has 2 saturated heterocycles. The van der Waals surface area contributed by atoms with Crippen molar-refractivity contribution in [1.82, 2.24) is 10.6 Å². The van der Waals surface area contributed by atoms with E-state index in [2.05, 4.69) is 10.6 Å². The van der Waals surface area contributed by atoms with Gasteiger partial charge in [0.1, 0.15) is 5.25 Å². The maximum absolute atomic E-state index is 11.9. The summed E-state index contributed by atoms with van der Waals surface area (Å²) in [6, 6.07) is 0. The Morgan fingerprint density at radius 3 is 2.74 bits per heavy atom. The average molecular weight is 288 g/mol. The first-order valence-electron chi connectivity index (χ1n) is 7.29. The van der Waals surface area contributed by atoms with Crippen LogP contribution in [0.2, 0.25) is 0 Å².